The summed E-state index contributed by atoms with van der Waals surface area (Å²) in [6, 6.07) is 0. The zero-order valence-corrected chi connectivity index (χ0v) is 25.3. The van der Waals surface area contributed by atoms with Gasteiger partial charge in [-0.3, -0.25) is 9.11 Å². The maximum absolute atomic E-state index is 11.8. The summed E-state index contributed by atoms with van der Waals surface area (Å²) < 4.78 is 72.4. The predicted molar refractivity (Wildman–Crippen MR) is 147 cm³/mol. The second-order valence-electron chi connectivity index (χ2n) is 13.3. The van der Waals surface area contributed by atoms with Crippen molar-refractivity contribution < 1.29 is 39.4 Å². The molecule has 0 spiro atoms. The molecule has 224 valence electrons. The van der Waals surface area contributed by atoms with Crippen molar-refractivity contribution in [3.63, 3.8) is 0 Å². The van der Waals surface area contributed by atoms with E-state index >= 15 is 0 Å². The topological polar surface area (TPSA) is 147 Å². The highest BCUT2D eigenvalue weighted by Gasteiger charge is 2.62. The minimum atomic E-state index is -4.49. The standard InChI is InChI=1S/C28H46O9S2/c1-17(2)19(16-36-38(30,31)32)7-6-18(3)23-10-11-24-22-9-8-20-14-21(37-39(33,34)35)12-13-27(20,4)25(22)15-26(29)28(23,24)5/h6-8,17-19,21-26,29H,9-16H2,1-5H3,(H,30,31,32)(H,33,34,35)/b7-6+/t18-,19-,21+,22+,23-,24+,25+,26+,27+,28-/m1/s1. The van der Waals surface area contributed by atoms with Crippen LogP contribution in [0.3, 0.4) is 0 Å². The largest absolute Gasteiger partial charge is 0.397 e. The lowest BCUT2D eigenvalue weighted by Crippen LogP contribution is -2.56. The molecule has 39 heavy (non-hydrogen) atoms. The van der Waals surface area contributed by atoms with E-state index in [1.165, 1.54) is 5.57 Å². The Morgan fingerprint density at radius 2 is 1.72 bits per heavy atom. The summed E-state index contributed by atoms with van der Waals surface area (Å²) in [4.78, 5) is 0. The molecule has 0 radical (unpaired) electrons. The zero-order chi connectivity index (χ0) is 29.0. The summed E-state index contributed by atoms with van der Waals surface area (Å²) >= 11 is 0. The minimum absolute atomic E-state index is 0.111. The van der Waals surface area contributed by atoms with Crippen molar-refractivity contribution in [1.29, 1.82) is 0 Å². The van der Waals surface area contributed by atoms with Gasteiger partial charge in [-0.15, -0.1) is 0 Å². The molecule has 0 amide bonds. The molecule has 0 aliphatic heterocycles. The van der Waals surface area contributed by atoms with Crippen molar-refractivity contribution in [3.8, 4) is 0 Å². The molecule has 3 N–H and O–H groups in total. The Labute approximate surface area is 234 Å². The van der Waals surface area contributed by atoms with Gasteiger partial charge in [-0.25, -0.2) is 8.37 Å². The fourth-order valence-corrected chi connectivity index (χ4v) is 9.66. The smallest absolute Gasteiger partial charge is 0.393 e. The maximum Gasteiger partial charge on any atom is 0.397 e. The highest BCUT2D eigenvalue weighted by Crippen LogP contribution is 2.67. The maximum atomic E-state index is 11.8. The second kappa shape index (κ2) is 11.1. The Morgan fingerprint density at radius 1 is 1.03 bits per heavy atom. The first-order valence-corrected chi connectivity index (χ1v) is 17.0. The van der Waals surface area contributed by atoms with Crippen LogP contribution in [0.4, 0.5) is 0 Å². The van der Waals surface area contributed by atoms with Gasteiger partial charge in [0.25, 0.3) is 0 Å². The van der Waals surface area contributed by atoms with Crippen LogP contribution in [0.15, 0.2) is 23.8 Å². The van der Waals surface area contributed by atoms with Crippen LogP contribution < -0.4 is 0 Å². The molecular weight excluding hydrogens is 544 g/mol. The van der Waals surface area contributed by atoms with Gasteiger partial charge in [0.05, 0.1) is 18.8 Å². The van der Waals surface area contributed by atoms with E-state index in [1.807, 2.05) is 19.9 Å². The molecule has 0 saturated heterocycles. The van der Waals surface area contributed by atoms with Gasteiger partial charge in [0, 0.05) is 5.92 Å². The van der Waals surface area contributed by atoms with Gasteiger partial charge in [-0.05, 0) is 91.3 Å². The Hall–Kier alpha value is -0.820. The van der Waals surface area contributed by atoms with E-state index in [4.69, 9.17) is 13.3 Å². The third kappa shape index (κ3) is 6.34. The van der Waals surface area contributed by atoms with Gasteiger partial charge in [0.2, 0.25) is 0 Å². The first-order valence-electron chi connectivity index (χ1n) is 14.3. The van der Waals surface area contributed by atoms with E-state index in [9.17, 15) is 21.9 Å². The second-order valence-corrected chi connectivity index (χ2v) is 15.5. The first kappa shape index (κ1) is 31.1. The molecule has 4 rings (SSSR count). The van der Waals surface area contributed by atoms with Gasteiger partial charge in [-0.2, -0.15) is 16.8 Å². The molecule has 9 nitrogen and oxygen atoms in total. The Kier molecular flexibility index (Phi) is 8.87. The number of allylic oxidation sites excluding steroid dienone is 2. The molecule has 0 heterocycles. The van der Waals surface area contributed by atoms with E-state index in [-0.39, 0.29) is 41.1 Å². The lowest BCUT2D eigenvalue weighted by molar-refractivity contribution is -0.133. The van der Waals surface area contributed by atoms with Crippen molar-refractivity contribution >= 4 is 20.8 Å². The van der Waals surface area contributed by atoms with E-state index in [2.05, 4.69) is 37.1 Å². The minimum Gasteiger partial charge on any atom is -0.393 e. The van der Waals surface area contributed by atoms with Crippen molar-refractivity contribution in [3.05, 3.63) is 23.8 Å². The van der Waals surface area contributed by atoms with Gasteiger partial charge >= 0.3 is 20.8 Å². The Morgan fingerprint density at radius 3 is 2.33 bits per heavy atom. The lowest BCUT2D eigenvalue weighted by Gasteiger charge is -2.60. The number of aliphatic hydroxyl groups excluding tert-OH is 1. The SMILES string of the molecule is CC(C)[C@H](/C=C/[C@@H](C)[C@H]1CC[C@H]2[C@@H]3CC=C4C[C@@H](OS(=O)(=O)O)CC[C@]4(C)[C@H]3C[C@H](O)[C@]12C)COS(=O)(=O)O. The molecule has 4 aliphatic rings. The van der Waals surface area contributed by atoms with E-state index < -0.39 is 33.0 Å². The predicted octanol–water partition coefficient (Wildman–Crippen LogP) is 5.01. The average molecular weight is 591 g/mol. The molecule has 10 atom stereocenters. The molecule has 0 aromatic heterocycles. The van der Waals surface area contributed by atoms with Crippen LogP contribution in [0.5, 0.6) is 0 Å². The van der Waals surface area contributed by atoms with Crippen LogP contribution in [0, 0.1) is 52.3 Å². The third-order valence-corrected chi connectivity index (χ3v) is 12.0. The van der Waals surface area contributed by atoms with Crippen molar-refractivity contribution in [2.24, 2.45) is 52.3 Å². The number of fused-ring (bicyclic) bond motifs is 5. The third-order valence-electron chi connectivity index (χ3n) is 11.1. The number of aliphatic hydroxyl groups is 1. The summed E-state index contributed by atoms with van der Waals surface area (Å²) in [7, 11) is -8.98. The molecule has 0 aromatic rings. The lowest BCUT2D eigenvalue weighted by atomic mass is 9.46. The van der Waals surface area contributed by atoms with Crippen LogP contribution in [0.25, 0.3) is 0 Å². The fraction of sp³-hybridized carbons (Fsp3) is 0.857. The molecule has 0 unspecified atom stereocenters. The van der Waals surface area contributed by atoms with Crippen LogP contribution in [0.1, 0.15) is 79.6 Å². The van der Waals surface area contributed by atoms with Crippen LogP contribution in [-0.2, 0) is 29.2 Å². The average Bonchev–Trinajstić information content (AvgIpc) is 3.17. The van der Waals surface area contributed by atoms with Gasteiger partial charge in [-0.1, -0.05) is 58.4 Å². The highest BCUT2D eigenvalue weighted by molar-refractivity contribution is 7.81. The van der Waals surface area contributed by atoms with E-state index in [0.29, 0.717) is 37.0 Å². The van der Waals surface area contributed by atoms with E-state index in [1.54, 1.807) is 0 Å². The summed E-state index contributed by atoms with van der Waals surface area (Å²) in [5.74, 6) is 1.55. The summed E-state index contributed by atoms with van der Waals surface area (Å²) in [6.07, 6.45) is 10.9. The molecule has 11 heteroatoms. The Bertz CT molecular complexity index is 1180. The monoisotopic (exact) mass is 590 g/mol. The zero-order valence-electron chi connectivity index (χ0n) is 23.7. The fourth-order valence-electron chi connectivity index (χ4n) is 8.83. The normalized spacial score (nSPS) is 40.6. The molecule has 3 saturated carbocycles. The summed E-state index contributed by atoms with van der Waals surface area (Å²) in [5, 5.41) is 11.8. The highest BCUT2D eigenvalue weighted by atomic mass is 32.3. The van der Waals surface area contributed by atoms with Crippen molar-refractivity contribution in [2.45, 2.75) is 91.8 Å². The summed E-state index contributed by atoms with van der Waals surface area (Å²) in [6.45, 7) is 10.5. The molecular formula is C28H46O9S2. The molecule has 3 fully saturated rings. The van der Waals surface area contributed by atoms with Crippen molar-refractivity contribution in [1.82, 2.24) is 0 Å². The number of hydrogen-bond donors (Lipinski definition) is 3. The van der Waals surface area contributed by atoms with Crippen LogP contribution in [0.2, 0.25) is 0 Å². The van der Waals surface area contributed by atoms with Gasteiger partial charge in [0.1, 0.15) is 0 Å². The van der Waals surface area contributed by atoms with Crippen molar-refractivity contribution in [2.75, 3.05) is 6.61 Å². The van der Waals surface area contributed by atoms with Crippen LogP contribution >= 0.6 is 0 Å². The van der Waals surface area contributed by atoms with E-state index in [0.717, 1.165) is 25.7 Å². The Balaban J connectivity index is 1.51. The molecule has 0 aromatic carbocycles. The van der Waals surface area contributed by atoms with Gasteiger partial charge in [0.15, 0.2) is 0 Å². The number of hydrogen-bond acceptors (Lipinski definition) is 7. The molecule has 4 aliphatic carbocycles. The quantitative estimate of drug-likeness (QED) is 0.249. The van der Waals surface area contributed by atoms with Crippen LogP contribution in [-0.4, -0.2) is 49.9 Å². The first-order chi connectivity index (χ1) is 18.0. The van der Waals surface area contributed by atoms with Gasteiger partial charge < -0.3 is 5.11 Å². The number of rotatable bonds is 9. The molecule has 0 bridgehead atoms. The summed E-state index contributed by atoms with van der Waals surface area (Å²) in [5.41, 5.74) is 0.832.